The van der Waals surface area contributed by atoms with Crippen molar-refractivity contribution in [3.63, 3.8) is 0 Å². The topological polar surface area (TPSA) is 68.0 Å². The molecule has 4 nitrogen and oxygen atoms in total. The van der Waals surface area contributed by atoms with E-state index in [0.29, 0.717) is 12.1 Å². The molecule has 88 valence electrons. The number of rotatable bonds is 5. The van der Waals surface area contributed by atoms with E-state index in [1.807, 2.05) is 6.26 Å². The third-order valence-corrected chi connectivity index (χ3v) is 3.08. The quantitative estimate of drug-likeness (QED) is 0.815. The number of hydrogen-bond donors (Lipinski definition) is 2. The highest BCUT2D eigenvalue weighted by Gasteiger charge is 2.12. The lowest BCUT2D eigenvalue weighted by Gasteiger charge is -2.11. The monoisotopic (exact) mass is 303 g/mol. The van der Waals surface area contributed by atoms with E-state index in [-0.39, 0.29) is 5.91 Å². The van der Waals surface area contributed by atoms with Crippen LogP contribution in [0.25, 0.3) is 0 Å². The molecule has 0 aliphatic heterocycles. The van der Waals surface area contributed by atoms with Gasteiger partial charge in [-0.3, -0.25) is 4.79 Å². The first-order valence-electron chi connectivity index (χ1n) is 4.80. The lowest BCUT2D eigenvalue weighted by molar-refractivity contribution is -0.117. The van der Waals surface area contributed by atoms with Crippen LogP contribution < -0.4 is 11.1 Å². The van der Waals surface area contributed by atoms with Gasteiger partial charge in [0.2, 0.25) is 5.91 Å². The highest BCUT2D eigenvalue weighted by atomic mass is 79.9. The molecular weight excluding hydrogens is 290 g/mol. The number of nitrogens with one attached hydrogen (secondary N) is 1. The van der Waals surface area contributed by atoms with E-state index < -0.39 is 6.04 Å². The molecule has 0 aliphatic carbocycles. The number of amides is 1. The third-order valence-electron chi connectivity index (χ3n) is 1.96. The highest BCUT2D eigenvalue weighted by molar-refractivity contribution is 9.10. The first-order chi connectivity index (χ1) is 7.63. The average molecular weight is 304 g/mol. The van der Waals surface area contributed by atoms with Gasteiger partial charge >= 0.3 is 0 Å². The zero-order valence-corrected chi connectivity index (χ0v) is 11.3. The number of thioether (sulfide) groups is 1. The Balaban J connectivity index is 2.47. The van der Waals surface area contributed by atoms with E-state index in [1.165, 1.54) is 0 Å². The van der Waals surface area contributed by atoms with Gasteiger partial charge in [0.25, 0.3) is 0 Å². The van der Waals surface area contributed by atoms with Crippen LogP contribution >= 0.6 is 27.7 Å². The molecule has 0 aromatic carbocycles. The van der Waals surface area contributed by atoms with Crippen LogP contribution in [0.4, 0.5) is 5.69 Å². The molecule has 0 fully saturated rings. The number of nitrogens with zero attached hydrogens (tertiary/aromatic N) is 1. The highest BCUT2D eigenvalue weighted by Crippen LogP contribution is 2.11. The maximum Gasteiger partial charge on any atom is 0.241 e. The first-order valence-corrected chi connectivity index (χ1v) is 6.99. The van der Waals surface area contributed by atoms with E-state index in [0.717, 1.165) is 10.4 Å². The number of carbonyl (C=O) groups excluding carboxylic acids is 1. The largest absolute Gasteiger partial charge is 0.323 e. The molecule has 1 aromatic rings. The van der Waals surface area contributed by atoms with Crippen LogP contribution in [0, 0.1) is 0 Å². The number of halogens is 1. The third kappa shape index (κ3) is 4.51. The molecule has 0 bridgehead atoms. The molecule has 16 heavy (non-hydrogen) atoms. The minimum Gasteiger partial charge on any atom is -0.323 e. The summed E-state index contributed by atoms with van der Waals surface area (Å²) in [5.74, 6) is 0.714. The Kier molecular flexibility index (Phi) is 5.79. The summed E-state index contributed by atoms with van der Waals surface area (Å²) in [6.07, 6.45) is 4.25. The zero-order valence-electron chi connectivity index (χ0n) is 8.94. The van der Waals surface area contributed by atoms with E-state index in [1.54, 1.807) is 30.1 Å². The number of anilines is 1. The number of carbonyl (C=O) groups is 1. The van der Waals surface area contributed by atoms with Crippen molar-refractivity contribution in [2.75, 3.05) is 17.3 Å². The molecule has 1 rings (SSSR count). The van der Waals surface area contributed by atoms with Gasteiger partial charge in [0.1, 0.15) is 4.60 Å². The SMILES string of the molecule is CSCC[C@@H](N)C(=O)Nc1ccc(Br)nc1. The van der Waals surface area contributed by atoms with Crippen LogP contribution in [0.1, 0.15) is 6.42 Å². The second kappa shape index (κ2) is 6.88. The molecular formula is C10H14BrN3OS. The molecule has 1 aromatic heterocycles. The lowest BCUT2D eigenvalue weighted by Crippen LogP contribution is -2.36. The maximum absolute atomic E-state index is 11.6. The predicted molar refractivity (Wildman–Crippen MR) is 71.5 cm³/mol. The molecule has 0 spiro atoms. The molecule has 1 amide bonds. The summed E-state index contributed by atoms with van der Waals surface area (Å²) in [4.78, 5) is 15.6. The number of pyridine rings is 1. The molecule has 0 unspecified atom stereocenters. The van der Waals surface area contributed by atoms with Gasteiger partial charge in [-0.25, -0.2) is 4.98 Å². The minimum absolute atomic E-state index is 0.168. The van der Waals surface area contributed by atoms with E-state index in [2.05, 4.69) is 26.2 Å². The molecule has 0 saturated carbocycles. The standard InChI is InChI=1S/C10H14BrN3OS/c1-16-5-4-8(12)10(15)14-7-2-3-9(11)13-6-7/h2-3,6,8H,4-5,12H2,1H3,(H,14,15)/t8-/m1/s1. The van der Waals surface area contributed by atoms with E-state index in [4.69, 9.17) is 5.73 Å². The maximum atomic E-state index is 11.6. The van der Waals surface area contributed by atoms with Gasteiger partial charge in [0, 0.05) is 0 Å². The fourth-order valence-electron chi connectivity index (χ4n) is 1.06. The fraction of sp³-hybridized carbons (Fsp3) is 0.400. The van der Waals surface area contributed by atoms with Gasteiger partial charge < -0.3 is 11.1 Å². The molecule has 1 heterocycles. The van der Waals surface area contributed by atoms with Crippen molar-refractivity contribution in [2.45, 2.75) is 12.5 Å². The zero-order chi connectivity index (χ0) is 12.0. The molecule has 1 atom stereocenters. The molecule has 6 heteroatoms. The normalized spacial score (nSPS) is 12.2. The molecule has 3 N–H and O–H groups in total. The Morgan fingerprint density at radius 2 is 2.44 bits per heavy atom. The van der Waals surface area contributed by atoms with Crippen molar-refractivity contribution < 1.29 is 4.79 Å². The van der Waals surface area contributed by atoms with E-state index in [9.17, 15) is 4.79 Å². The summed E-state index contributed by atoms with van der Waals surface area (Å²) >= 11 is 4.90. The number of nitrogens with two attached hydrogens (primary N) is 1. The second-order valence-electron chi connectivity index (χ2n) is 3.25. The lowest BCUT2D eigenvalue weighted by atomic mass is 10.2. The smallest absolute Gasteiger partial charge is 0.241 e. The van der Waals surface area contributed by atoms with Crippen LogP contribution in [0.5, 0.6) is 0 Å². The summed E-state index contributed by atoms with van der Waals surface area (Å²) in [6, 6.07) is 3.08. The Bertz CT molecular complexity index is 344. The van der Waals surface area contributed by atoms with Gasteiger partial charge in [-0.2, -0.15) is 11.8 Å². The summed E-state index contributed by atoms with van der Waals surface area (Å²) in [6.45, 7) is 0. The minimum atomic E-state index is -0.462. The van der Waals surface area contributed by atoms with Crippen molar-refractivity contribution in [2.24, 2.45) is 5.73 Å². The van der Waals surface area contributed by atoms with Crippen molar-refractivity contribution in [3.8, 4) is 0 Å². The summed E-state index contributed by atoms with van der Waals surface area (Å²) in [5, 5.41) is 2.72. The van der Waals surface area contributed by atoms with Gasteiger partial charge in [0.05, 0.1) is 17.9 Å². The summed E-state index contributed by atoms with van der Waals surface area (Å²) in [7, 11) is 0. The summed E-state index contributed by atoms with van der Waals surface area (Å²) in [5.41, 5.74) is 6.39. The van der Waals surface area contributed by atoms with Crippen LogP contribution in [-0.4, -0.2) is 28.9 Å². The molecule has 0 saturated heterocycles. The van der Waals surface area contributed by atoms with Gasteiger partial charge in [0.15, 0.2) is 0 Å². The van der Waals surface area contributed by atoms with Crippen LogP contribution in [0.2, 0.25) is 0 Å². The van der Waals surface area contributed by atoms with Crippen molar-refractivity contribution in [1.29, 1.82) is 0 Å². The van der Waals surface area contributed by atoms with Crippen LogP contribution in [0.3, 0.4) is 0 Å². The van der Waals surface area contributed by atoms with Crippen molar-refractivity contribution in [1.82, 2.24) is 4.98 Å². The van der Waals surface area contributed by atoms with Crippen molar-refractivity contribution in [3.05, 3.63) is 22.9 Å². The number of aromatic nitrogens is 1. The van der Waals surface area contributed by atoms with Gasteiger partial charge in [-0.05, 0) is 46.5 Å². The Hall–Kier alpha value is -0.590. The van der Waals surface area contributed by atoms with Gasteiger partial charge in [-0.1, -0.05) is 0 Å². The van der Waals surface area contributed by atoms with Crippen LogP contribution in [-0.2, 0) is 4.79 Å². The van der Waals surface area contributed by atoms with Crippen LogP contribution in [0.15, 0.2) is 22.9 Å². The van der Waals surface area contributed by atoms with E-state index >= 15 is 0 Å². The molecule has 0 radical (unpaired) electrons. The van der Waals surface area contributed by atoms with Crippen molar-refractivity contribution >= 4 is 39.3 Å². The Morgan fingerprint density at radius 1 is 1.69 bits per heavy atom. The number of hydrogen-bond acceptors (Lipinski definition) is 4. The first kappa shape index (κ1) is 13.5. The Labute approximate surface area is 108 Å². The fourth-order valence-corrected chi connectivity index (χ4v) is 1.78. The summed E-state index contributed by atoms with van der Waals surface area (Å²) < 4.78 is 0.734. The second-order valence-corrected chi connectivity index (χ2v) is 5.04. The average Bonchev–Trinajstić information content (AvgIpc) is 2.29. The Morgan fingerprint density at radius 3 is 3.00 bits per heavy atom. The van der Waals surface area contributed by atoms with Gasteiger partial charge in [-0.15, -0.1) is 0 Å². The predicted octanol–water partition coefficient (Wildman–Crippen LogP) is 1.86. The molecule has 0 aliphatic rings.